The summed E-state index contributed by atoms with van der Waals surface area (Å²) in [5.74, 6) is 2.07. The van der Waals surface area contributed by atoms with Crippen molar-refractivity contribution in [2.24, 2.45) is 5.92 Å². The highest BCUT2D eigenvalue weighted by atomic mass is 32.2. The summed E-state index contributed by atoms with van der Waals surface area (Å²) in [4.78, 5) is 4.31. The van der Waals surface area contributed by atoms with Gasteiger partial charge in [-0.25, -0.2) is 17.7 Å². The van der Waals surface area contributed by atoms with Crippen LogP contribution in [0.1, 0.15) is 17.8 Å². The van der Waals surface area contributed by atoms with E-state index in [0.29, 0.717) is 18.2 Å². The molecule has 0 aliphatic carbocycles. The van der Waals surface area contributed by atoms with Crippen LogP contribution < -0.4 is 4.74 Å². The van der Waals surface area contributed by atoms with Gasteiger partial charge in [0.05, 0.1) is 12.9 Å². The topological polar surface area (TPSA) is 64.4 Å². The van der Waals surface area contributed by atoms with Gasteiger partial charge in [0.15, 0.2) is 0 Å². The minimum absolute atomic E-state index is 0.0102. The van der Waals surface area contributed by atoms with Crippen molar-refractivity contribution < 1.29 is 13.2 Å². The van der Waals surface area contributed by atoms with Gasteiger partial charge in [-0.2, -0.15) is 0 Å². The highest BCUT2D eigenvalue weighted by Crippen LogP contribution is 2.22. The molecule has 1 aromatic carbocycles. The zero-order valence-electron chi connectivity index (χ0n) is 14.1. The number of nitrogens with zero attached hydrogens (tertiary/aromatic N) is 3. The minimum atomic E-state index is -3.35. The van der Waals surface area contributed by atoms with Gasteiger partial charge in [-0.15, -0.1) is 0 Å². The fourth-order valence-electron chi connectivity index (χ4n) is 3.15. The third-order valence-electron chi connectivity index (χ3n) is 4.51. The second kappa shape index (κ2) is 6.94. The highest BCUT2D eigenvalue weighted by molar-refractivity contribution is 7.88. The highest BCUT2D eigenvalue weighted by Gasteiger charge is 2.25. The fourth-order valence-corrected chi connectivity index (χ4v) is 4.41. The monoisotopic (exact) mass is 349 g/mol. The first-order valence-electron chi connectivity index (χ1n) is 8.05. The van der Waals surface area contributed by atoms with Crippen molar-refractivity contribution in [1.29, 1.82) is 0 Å². The maximum atomic E-state index is 12.6. The molecule has 1 atom stereocenters. The third-order valence-corrected chi connectivity index (χ3v) is 6.30. The van der Waals surface area contributed by atoms with Crippen LogP contribution in [0, 0.1) is 5.92 Å². The normalized spacial score (nSPS) is 17.7. The van der Waals surface area contributed by atoms with Crippen LogP contribution >= 0.6 is 0 Å². The molecule has 0 bridgehead atoms. The smallest absolute Gasteiger partial charge is 0.218 e. The second-order valence-corrected chi connectivity index (χ2v) is 8.36. The predicted octanol–water partition coefficient (Wildman–Crippen LogP) is 1.92. The van der Waals surface area contributed by atoms with Gasteiger partial charge in [0.2, 0.25) is 10.0 Å². The average molecular weight is 349 g/mol. The number of sulfonamides is 1. The maximum absolute atomic E-state index is 12.6. The van der Waals surface area contributed by atoms with Crippen LogP contribution in [0.15, 0.2) is 36.7 Å². The molecule has 130 valence electrons. The first-order valence-corrected chi connectivity index (χ1v) is 9.66. The Morgan fingerprint density at radius 3 is 3.04 bits per heavy atom. The lowest BCUT2D eigenvalue weighted by Gasteiger charge is -2.27. The molecule has 3 rings (SSSR count). The van der Waals surface area contributed by atoms with E-state index in [1.165, 1.54) is 4.31 Å². The number of methoxy groups -OCH3 is 1. The van der Waals surface area contributed by atoms with E-state index in [-0.39, 0.29) is 5.75 Å². The summed E-state index contributed by atoms with van der Waals surface area (Å²) in [5, 5.41) is 0. The Labute approximate surface area is 143 Å². The van der Waals surface area contributed by atoms with Crippen LogP contribution in [-0.4, -0.2) is 43.0 Å². The largest absolute Gasteiger partial charge is 0.497 e. The van der Waals surface area contributed by atoms with E-state index in [0.717, 1.165) is 30.8 Å². The van der Waals surface area contributed by atoms with Crippen LogP contribution in [0.5, 0.6) is 5.75 Å². The number of imidazole rings is 1. The molecule has 0 unspecified atom stereocenters. The minimum Gasteiger partial charge on any atom is -0.497 e. The summed E-state index contributed by atoms with van der Waals surface area (Å²) in [5.41, 5.74) is 0.738. The van der Waals surface area contributed by atoms with Crippen molar-refractivity contribution in [1.82, 2.24) is 13.9 Å². The van der Waals surface area contributed by atoms with Crippen molar-refractivity contribution >= 4 is 10.0 Å². The number of fused-ring (bicyclic) bond motifs is 1. The van der Waals surface area contributed by atoms with Gasteiger partial charge in [0.25, 0.3) is 0 Å². The van der Waals surface area contributed by atoms with Crippen molar-refractivity contribution in [2.45, 2.75) is 25.1 Å². The molecule has 1 aliphatic heterocycles. The van der Waals surface area contributed by atoms with Crippen LogP contribution in [0.4, 0.5) is 0 Å². The molecule has 0 N–H and O–H groups in total. The molecule has 2 aromatic rings. The fraction of sp³-hybridized carbons (Fsp3) is 0.471. The van der Waals surface area contributed by atoms with Gasteiger partial charge < -0.3 is 9.30 Å². The lowest BCUT2D eigenvalue weighted by atomic mass is 10.00. The first-order chi connectivity index (χ1) is 11.5. The van der Waals surface area contributed by atoms with E-state index in [9.17, 15) is 8.42 Å². The maximum Gasteiger partial charge on any atom is 0.218 e. The number of ether oxygens (including phenoxy) is 1. The van der Waals surface area contributed by atoms with E-state index in [2.05, 4.69) is 9.55 Å². The summed E-state index contributed by atoms with van der Waals surface area (Å²) in [7, 11) is -0.107. The molecule has 0 spiro atoms. The zero-order valence-corrected chi connectivity index (χ0v) is 14.9. The van der Waals surface area contributed by atoms with Crippen molar-refractivity contribution in [3.05, 3.63) is 48.0 Å². The van der Waals surface area contributed by atoms with Gasteiger partial charge in [-0.3, -0.25) is 0 Å². The number of benzene rings is 1. The number of rotatable bonds is 6. The second-order valence-electron chi connectivity index (χ2n) is 6.29. The summed E-state index contributed by atoms with van der Waals surface area (Å²) in [6.07, 6.45) is 5.64. The molecular weight excluding hydrogens is 326 g/mol. The third kappa shape index (κ3) is 3.79. The molecule has 0 fully saturated rings. The Kier molecular flexibility index (Phi) is 4.91. The van der Waals surface area contributed by atoms with E-state index >= 15 is 0 Å². The Bertz CT molecular complexity index is 801. The summed E-state index contributed by atoms with van der Waals surface area (Å²) in [6, 6.07) is 7.20. The molecule has 2 heterocycles. The Morgan fingerprint density at radius 1 is 1.42 bits per heavy atom. The van der Waals surface area contributed by atoms with Crippen molar-refractivity contribution in [2.75, 3.05) is 20.7 Å². The molecule has 0 saturated carbocycles. The lowest BCUT2D eigenvalue weighted by Crippen LogP contribution is -2.36. The average Bonchev–Trinajstić information content (AvgIpc) is 3.02. The summed E-state index contributed by atoms with van der Waals surface area (Å²) in [6.45, 7) is 1.36. The number of aryl methyl sites for hydroxylation is 1. The summed E-state index contributed by atoms with van der Waals surface area (Å²) >= 11 is 0. The molecule has 7 heteroatoms. The lowest BCUT2D eigenvalue weighted by molar-refractivity contribution is 0.303. The van der Waals surface area contributed by atoms with Crippen LogP contribution in [-0.2, 0) is 28.7 Å². The van der Waals surface area contributed by atoms with E-state index < -0.39 is 10.0 Å². The quantitative estimate of drug-likeness (QED) is 0.799. The Hall–Kier alpha value is -1.86. The van der Waals surface area contributed by atoms with Gasteiger partial charge in [0, 0.05) is 39.0 Å². The molecular formula is C17H23N3O3S. The van der Waals surface area contributed by atoms with Gasteiger partial charge in [-0.1, -0.05) is 12.1 Å². The number of hydrogen-bond acceptors (Lipinski definition) is 4. The molecule has 0 amide bonds. The molecule has 0 saturated heterocycles. The molecule has 1 aliphatic rings. The van der Waals surface area contributed by atoms with E-state index in [1.807, 2.05) is 24.4 Å². The van der Waals surface area contributed by atoms with E-state index in [1.54, 1.807) is 26.4 Å². The Morgan fingerprint density at radius 2 is 2.25 bits per heavy atom. The SMILES string of the molecule is COc1cccc(CS(=O)(=O)N(C)C[C@@H]2CCc3nccn3C2)c1. The molecule has 0 radical (unpaired) electrons. The Balaban J connectivity index is 1.64. The predicted molar refractivity (Wildman–Crippen MR) is 92.3 cm³/mol. The van der Waals surface area contributed by atoms with Crippen LogP contribution in [0.2, 0.25) is 0 Å². The first kappa shape index (κ1) is 17.0. The van der Waals surface area contributed by atoms with Crippen LogP contribution in [0.3, 0.4) is 0 Å². The van der Waals surface area contributed by atoms with Gasteiger partial charge in [0.1, 0.15) is 11.6 Å². The van der Waals surface area contributed by atoms with Crippen molar-refractivity contribution in [3.63, 3.8) is 0 Å². The summed E-state index contributed by atoms with van der Waals surface area (Å²) < 4.78 is 34.0. The van der Waals surface area contributed by atoms with Crippen molar-refractivity contribution in [3.8, 4) is 5.75 Å². The van der Waals surface area contributed by atoms with Gasteiger partial charge >= 0.3 is 0 Å². The molecule has 1 aromatic heterocycles. The number of hydrogen-bond donors (Lipinski definition) is 0. The number of aromatic nitrogens is 2. The van der Waals surface area contributed by atoms with E-state index in [4.69, 9.17) is 4.74 Å². The zero-order chi connectivity index (χ0) is 17.2. The molecule has 6 nitrogen and oxygen atoms in total. The standard InChI is InChI=1S/C17H23N3O3S/c1-19(11-15-6-7-17-18-8-9-20(17)12-15)24(21,22)13-14-4-3-5-16(10-14)23-2/h3-5,8-10,15H,6-7,11-13H2,1-2H3/t15-/m0/s1. The van der Waals surface area contributed by atoms with Crippen LogP contribution in [0.25, 0.3) is 0 Å². The molecule has 24 heavy (non-hydrogen) atoms. The van der Waals surface area contributed by atoms with Gasteiger partial charge in [-0.05, 0) is 30.0 Å².